The number of hydrogen-bond acceptors (Lipinski definition) is 3. The van der Waals surface area contributed by atoms with E-state index in [2.05, 4.69) is 5.32 Å². The normalized spacial score (nSPS) is 27.4. The van der Waals surface area contributed by atoms with Crippen molar-refractivity contribution in [2.75, 3.05) is 32.8 Å². The van der Waals surface area contributed by atoms with E-state index in [9.17, 15) is 27.2 Å². The summed E-state index contributed by atoms with van der Waals surface area (Å²) in [6.07, 6.45) is -2.38. The Morgan fingerprint density at radius 2 is 1.97 bits per heavy atom. The second kappa shape index (κ2) is 7.60. The lowest BCUT2D eigenvalue weighted by molar-refractivity contribution is -0.140. The van der Waals surface area contributed by atoms with Crippen LogP contribution in [0.1, 0.15) is 41.9 Å². The van der Waals surface area contributed by atoms with Crippen molar-refractivity contribution in [1.29, 1.82) is 0 Å². The minimum Gasteiger partial charge on any atom is -0.366 e. The minimum atomic E-state index is -4.49. The molecule has 0 aromatic heterocycles. The van der Waals surface area contributed by atoms with Crippen LogP contribution in [0.25, 0.3) is 0 Å². The molecule has 0 unspecified atom stereocenters. The number of piperidine rings is 1. The van der Waals surface area contributed by atoms with Crippen LogP contribution in [-0.2, 0) is 22.4 Å². The predicted molar refractivity (Wildman–Crippen MR) is 105 cm³/mol. The number of halogens is 4. The molecular weight excluding hydrogens is 430 g/mol. The molecule has 10 heteroatoms. The van der Waals surface area contributed by atoms with E-state index in [0.717, 1.165) is 25.0 Å². The summed E-state index contributed by atoms with van der Waals surface area (Å²) >= 11 is 0. The summed E-state index contributed by atoms with van der Waals surface area (Å²) in [7, 11) is 0. The van der Waals surface area contributed by atoms with E-state index >= 15 is 0 Å². The van der Waals surface area contributed by atoms with Crippen molar-refractivity contribution in [3.05, 3.63) is 34.9 Å². The van der Waals surface area contributed by atoms with E-state index in [4.69, 9.17) is 4.74 Å². The molecule has 3 aliphatic heterocycles. The number of likely N-dealkylation sites (tertiary alicyclic amines) is 2. The number of hydrogen-bond donors (Lipinski definition) is 1. The standard InChI is InChI=1S/C22H25F4N3O3/c23-8-13-5-15(22(24,25)26)1-2-16(13)14-6-21(7-14)11-29(12-21)20(31)28-4-3-18-17(9-28)27-19(30)10-32-18/h1-2,5,14,17-18H,3-4,6-12H2,(H,27,30)/t17-,18+/m1/s1. The fraction of sp³-hybridized carbons (Fsp3) is 0.636. The largest absolute Gasteiger partial charge is 0.416 e. The van der Waals surface area contributed by atoms with Crippen LogP contribution >= 0.6 is 0 Å². The molecule has 4 aliphatic rings. The van der Waals surface area contributed by atoms with E-state index in [1.54, 1.807) is 9.80 Å². The van der Waals surface area contributed by atoms with E-state index in [0.29, 0.717) is 38.2 Å². The number of nitrogens with zero attached hydrogens (tertiary/aromatic N) is 2. The van der Waals surface area contributed by atoms with Gasteiger partial charge in [-0.3, -0.25) is 4.79 Å². The maximum Gasteiger partial charge on any atom is 0.416 e. The van der Waals surface area contributed by atoms with Crippen LogP contribution in [0.3, 0.4) is 0 Å². The lowest BCUT2D eigenvalue weighted by Crippen LogP contribution is -2.68. The van der Waals surface area contributed by atoms with Gasteiger partial charge in [0.1, 0.15) is 13.3 Å². The van der Waals surface area contributed by atoms with Crippen LogP contribution in [0.5, 0.6) is 0 Å². The summed E-state index contributed by atoms with van der Waals surface area (Å²) in [5.74, 6) is -0.148. The zero-order valence-electron chi connectivity index (χ0n) is 17.5. The number of amides is 3. The number of ether oxygens (including phenoxy) is 1. The van der Waals surface area contributed by atoms with Crippen molar-refractivity contribution in [3.8, 4) is 0 Å². The van der Waals surface area contributed by atoms with Crippen molar-refractivity contribution in [2.24, 2.45) is 5.41 Å². The number of rotatable bonds is 2. The van der Waals surface area contributed by atoms with Crippen molar-refractivity contribution in [2.45, 2.75) is 50.2 Å². The summed E-state index contributed by atoms with van der Waals surface area (Å²) in [6.45, 7) is 1.33. The van der Waals surface area contributed by atoms with Crippen molar-refractivity contribution < 1.29 is 31.9 Å². The molecule has 1 N–H and O–H groups in total. The lowest BCUT2D eigenvalue weighted by atomic mass is 9.56. The third kappa shape index (κ3) is 3.72. The summed E-state index contributed by atoms with van der Waals surface area (Å²) in [5, 5.41) is 2.89. The Balaban J connectivity index is 1.16. The molecule has 3 saturated heterocycles. The summed E-state index contributed by atoms with van der Waals surface area (Å²) in [6, 6.07) is 3.09. The van der Waals surface area contributed by atoms with Gasteiger partial charge in [-0.1, -0.05) is 6.07 Å². The predicted octanol–water partition coefficient (Wildman–Crippen LogP) is 3.06. The molecule has 0 bridgehead atoms. The highest BCUT2D eigenvalue weighted by molar-refractivity contribution is 5.79. The first-order chi connectivity index (χ1) is 15.2. The first-order valence-corrected chi connectivity index (χ1v) is 10.9. The first-order valence-electron chi connectivity index (χ1n) is 10.9. The maximum absolute atomic E-state index is 13.4. The summed E-state index contributed by atoms with van der Waals surface area (Å²) in [5.41, 5.74) is -0.110. The SMILES string of the molecule is O=C1CO[C@H]2CCN(C(=O)N3CC4(CC(c5ccc(C(F)(F)F)cc5CF)C4)C3)C[C@H]2N1. The maximum atomic E-state index is 13.4. The molecule has 3 heterocycles. The number of nitrogens with one attached hydrogen (secondary N) is 1. The number of benzene rings is 1. The third-order valence-corrected chi connectivity index (χ3v) is 7.33. The van der Waals surface area contributed by atoms with Crippen LogP contribution in [0.15, 0.2) is 18.2 Å². The zero-order valence-corrected chi connectivity index (χ0v) is 17.5. The summed E-state index contributed by atoms with van der Waals surface area (Å²) < 4.78 is 57.7. The quantitative estimate of drug-likeness (QED) is 0.698. The molecule has 4 fully saturated rings. The molecule has 174 valence electrons. The Kier molecular flexibility index (Phi) is 5.11. The highest BCUT2D eigenvalue weighted by Crippen LogP contribution is 2.57. The monoisotopic (exact) mass is 455 g/mol. The molecule has 0 radical (unpaired) electrons. The van der Waals surface area contributed by atoms with Crippen molar-refractivity contribution in [3.63, 3.8) is 0 Å². The van der Waals surface area contributed by atoms with Gasteiger partial charge in [-0.05, 0) is 48.4 Å². The molecule has 3 amide bonds. The fourth-order valence-electron chi connectivity index (χ4n) is 5.73. The average molecular weight is 455 g/mol. The average Bonchev–Trinajstić information content (AvgIpc) is 2.70. The Hall–Kier alpha value is -2.36. The third-order valence-electron chi connectivity index (χ3n) is 7.33. The Bertz CT molecular complexity index is 923. The fourth-order valence-corrected chi connectivity index (χ4v) is 5.73. The number of fused-ring (bicyclic) bond motifs is 1. The van der Waals surface area contributed by atoms with Crippen LogP contribution in [0.2, 0.25) is 0 Å². The van der Waals surface area contributed by atoms with Gasteiger partial charge in [0.2, 0.25) is 5.91 Å². The molecule has 2 atom stereocenters. The topological polar surface area (TPSA) is 61.9 Å². The van der Waals surface area contributed by atoms with Crippen molar-refractivity contribution in [1.82, 2.24) is 15.1 Å². The first kappa shape index (κ1) is 21.5. The van der Waals surface area contributed by atoms with Crippen LogP contribution in [-0.4, -0.2) is 66.7 Å². The second-order valence-electron chi connectivity index (χ2n) is 9.55. The van der Waals surface area contributed by atoms with Gasteiger partial charge >= 0.3 is 12.2 Å². The van der Waals surface area contributed by atoms with Gasteiger partial charge in [0, 0.05) is 31.6 Å². The van der Waals surface area contributed by atoms with E-state index in [-0.39, 0.29) is 47.6 Å². The molecule has 1 aromatic rings. The molecule has 6 nitrogen and oxygen atoms in total. The molecule has 1 saturated carbocycles. The number of carbonyl (C=O) groups excluding carboxylic acids is 2. The summed E-state index contributed by atoms with van der Waals surface area (Å²) in [4.78, 5) is 28.0. The van der Waals surface area contributed by atoms with Crippen LogP contribution < -0.4 is 5.32 Å². The Morgan fingerprint density at radius 3 is 2.66 bits per heavy atom. The van der Waals surface area contributed by atoms with Crippen LogP contribution in [0.4, 0.5) is 22.4 Å². The molecule has 1 aromatic carbocycles. The second-order valence-corrected chi connectivity index (χ2v) is 9.55. The van der Waals surface area contributed by atoms with Gasteiger partial charge in [0.05, 0.1) is 17.7 Å². The van der Waals surface area contributed by atoms with Gasteiger partial charge in [0.15, 0.2) is 0 Å². The zero-order chi connectivity index (χ0) is 22.7. The molecule has 5 rings (SSSR count). The van der Waals surface area contributed by atoms with E-state index in [1.165, 1.54) is 6.07 Å². The van der Waals surface area contributed by atoms with Crippen molar-refractivity contribution >= 4 is 11.9 Å². The van der Waals surface area contributed by atoms with E-state index < -0.39 is 18.4 Å². The lowest BCUT2D eigenvalue weighted by Gasteiger charge is -2.60. The number of alkyl halides is 4. The van der Waals surface area contributed by atoms with E-state index in [1.807, 2.05) is 0 Å². The highest BCUT2D eigenvalue weighted by Gasteiger charge is 2.55. The number of carbonyl (C=O) groups is 2. The van der Waals surface area contributed by atoms with Crippen LogP contribution in [0, 0.1) is 5.41 Å². The van der Waals surface area contributed by atoms with Gasteiger partial charge in [-0.2, -0.15) is 13.2 Å². The Morgan fingerprint density at radius 1 is 1.22 bits per heavy atom. The van der Waals surface area contributed by atoms with Gasteiger partial charge < -0.3 is 19.9 Å². The molecule has 32 heavy (non-hydrogen) atoms. The Labute approximate surface area is 182 Å². The number of urea groups is 1. The van der Waals surface area contributed by atoms with Gasteiger partial charge in [0.25, 0.3) is 0 Å². The number of morpholine rings is 1. The molecule has 1 aliphatic carbocycles. The minimum absolute atomic E-state index is 0.0191. The van der Waals surface area contributed by atoms with Gasteiger partial charge in [-0.25, -0.2) is 9.18 Å². The van der Waals surface area contributed by atoms with Gasteiger partial charge in [-0.15, -0.1) is 0 Å². The smallest absolute Gasteiger partial charge is 0.366 e. The molecule has 1 spiro atoms. The highest BCUT2D eigenvalue weighted by atomic mass is 19.4. The molecular formula is C22H25F4N3O3.